The zero-order valence-corrected chi connectivity index (χ0v) is 13.3. The standard InChI is InChI=1S/C14H21N3O3S/c1-10-4-5-11(8-12(10)21(19,20)15-3)17-13(18)14(2)6-7-16-9-14/h4-5,8,15-16H,6-7,9H2,1-3H3,(H,17,18). The molecule has 1 unspecified atom stereocenters. The van der Waals surface area contributed by atoms with E-state index in [0.29, 0.717) is 17.8 Å². The number of benzene rings is 1. The lowest BCUT2D eigenvalue weighted by atomic mass is 9.89. The van der Waals surface area contributed by atoms with Gasteiger partial charge >= 0.3 is 0 Å². The number of carbonyl (C=O) groups excluding carboxylic acids is 1. The van der Waals surface area contributed by atoms with Crippen molar-refractivity contribution in [2.75, 3.05) is 25.5 Å². The lowest BCUT2D eigenvalue weighted by molar-refractivity contribution is -0.123. The van der Waals surface area contributed by atoms with Gasteiger partial charge in [0.15, 0.2) is 0 Å². The Bertz CT molecular complexity index is 649. The molecule has 1 amide bonds. The van der Waals surface area contributed by atoms with E-state index in [9.17, 15) is 13.2 Å². The molecule has 1 aliphatic rings. The highest BCUT2D eigenvalue weighted by atomic mass is 32.2. The van der Waals surface area contributed by atoms with Gasteiger partial charge in [-0.1, -0.05) is 6.07 Å². The Balaban J connectivity index is 2.26. The van der Waals surface area contributed by atoms with E-state index in [1.807, 2.05) is 6.92 Å². The fourth-order valence-corrected chi connectivity index (χ4v) is 3.36. The lowest BCUT2D eigenvalue weighted by Crippen LogP contribution is -2.35. The van der Waals surface area contributed by atoms with Gasteiger partial charge in [-0.05, 0) is 51.6 Å². The summed E-state index contributed by atoms with van der Waals surface area (Å²) in [5.41, 5.74) is 0.677. The Morgan fingerprint density at radius 3 is 2.67 bits per heavy atom. The SMILES string of the molecule is CNS(=O)(=O)c1cc(NC(=O)C2(C)CCNC2)ccc1C. The summed E-state index contributed by atoms with van der Waals surface area (Å²) in [7, 11) is -2.17. The maximum atomic E-state index is 12.3. The Morgan fingerprint density at radius 2 is 2.10 bits per heavy atom. The van der Waals surface area contributed by atoms with Crippen molar-refractivity contribution in [1.29, 1.82) is 0 Å². The second-order valence-corrected chi connectivity index (χ2v) is 7.48. The smallest absolute Gasteiger partial charge is 0.240 e. The molecular weight excluding hydrogens is 290 g/mol. The Kier molecular flexibility index (Phi) is 4.36. The topological polar surface area (TPSA) is 87.3 Å². The van der Waals surface area contributed by atoms with Crippen molar-refractivity contribution in [3.63, 3.8) is 0 Å². The number of hydrogen-bond acceptors (Lipinski definition) is 4. The molecule has 0 spiro atoms. The minimum absolute atomic E-state index is 0.0934. The summed E-state index contributed by atoms with van der Waals surface area (Å²) < 4.78 is 26.2. The fraction of sp³-hybridized carbons (Fsp3) is 0.500. The van der Waals surface area contributed by atoms with E-state index in [0.717, 1.165) is 13.0 Å². The van der Waals surface area contributed by atoms with Crippen molar-refractivity contribution in [3.8, 4) is 0 Å². The number of rotatable bonds is 4. The van der Waals surface area contributed by atoms with Crippen LogP contribution < -0.4 is 15.4 Å². The first kappa shape index (κ1) is 15.9. The summed E-state index contributed by atoms with van der Waals surface area (Å²) >= 11 is 0. The molecule has 1 atom stereocenters. The largest absolute Gasteiger partial charge is 0.326 e. The first-order valence-electron chi connectivity index (χ1n) is 6.85. The molecule has 0 radical (unpaired) electrons. The van der Waals surface area contributed by atoms with Crippen LogP contribution in [0.4, 0.5) is 5.69 Å². The van der Waals surface area contributed by atoms with Crippen molar-refractivity contribution >= 4 is 21.6 Å². The number of amides is 1. The summed E-state index contributed by atoms with van der Waals surface area (Å²) in [6.45, 7) is 5.07. The number of nitrogens with one attached hydrogen (secondary N) is 3. The summed E-state index contributed by atoms with van der Waals surface area (Å²) in [6.07, 6.45) is 0.770. The highest BCUT2D eigenvalue weighted by Gasteiger charge is 2.36. The molecule has 1 saturated heterocycles. The highest BCUT2D eigenvalue weighted by molar-refractivity contribution is 7.89. The minimum atomic E-state index is -3.54. The molecule has 1 fully saturated rings. The Hall–Kier alpha value is -1.44. The highest BCUT2D eigenvalue weighted by Crippen LogP contribution is 2.27. The molecule has 0 saturated carbocycles. The zero-order valence-electron chi connectivity index (χ0n) is 12.5. The normalized spacial score (nSPS) is 22.2. The summed E-state index contributed by atoms with van der Waals surface area (Å²) in [6, 6.07) is 4.90. The maximum Gasteiger partial charge on any atom is 0.240 e. The summed E-state index contributed by atoms with van der Waals surface area (Å²) in [5, 5.41) is 5.98. The molecule has 21 heavy (non-hydrogen) atoms. The molecule has 1 aromatic rings. The van der Waals surface area contributed by atoms with Crippen molar-refractivity contribution in [3.05, 3.63) is 23.8 Å². The monoisotopic (exact) mass is 311 g/mol. The van der Waals surface area contributed by atoms with E-state index < -0.39 is 15.4 Å². The fourth-order valence-electron chi connectivity index (χ4n) is 2.37. The van der Waals surface area contributed by atoms with Crippen LogP contribution in [0.5, 0.6) is 0 Å². The van der Waals surface area contributed by atoms with E-state index in [1.54, 1.807) is 19.1 Å². The predicted octanol–water partition coefficient (Wildman–Crippen LogP) is 0.841. The van der Waals surface area contributed by atoms with Crippen LogP contribution in [0.1, 0.15) is 18.9 Å². The molecule has 7 heteroatoms. The average molecular weight is 311 g/mol. The van der Waals surface area contributed by atoms with Gasteiger partial charge in [0.1, 0.15) is 0 Å². The van der Waals surface area contributed by atoms with Crippen LogP contribution in [0.3, 0.4) is 0 Å². The van der Waals surface area contributed by atoms with Crippen molar-refractivity contribution in [1.82, 2.24) is 10.0 Å². The van der Waals surface area contributed by atoms with E-state index in [4.69, 9.17) is 0 Å². The second kappa shape index (κ2) is 5.75. The first-order valence-corrected chi connectivity index (χ1v) is 8.33. The van der Waals surface area contributed by atoms with Crippen LogP contribution in [0.15, 0.2) is 23.1 Å². The molecule has 0 aliphatic carbocycles. The van der Waals surface area contributed by atoms with Crippen molar-refractivity contribution in [2.24, 2.45) is 5.41 Å². The molecule has 1 aromatic carbocycles. The third kappa shape index (κ3) is 3.25. The maximum absolute atomic E-state index is 12.3. The predicted molar refractivity (Wildman–Crippen MR) is 81.6 cm³/mol. The van der Waals surface area contributed by atoms with Gasteiger partial charge in [0.25, 0.3) is 0 Å². The van der Waals surface area contributed by atoms with Crippen molar-refractivity contribution < 1.29 is 13.2 Å². The molecule has 0 bridgehead atoms. The van der Waals surface area contributed by atoms with E-state index in [2.05, 4.69) is 15.4 Å². The van der Waals surface area contributed by atoms with Gasteiger partial charge in [-0.25, -0.2) is 13.1 Å². The number of sulfonamides is 1. The Morgan fingerprint density at radius 1 is 1.38 bits per heavy atom. The van der Waals surface area contributed by atoms with Gasteiger partial charge in [0.2, 0.25) is 15.9 Å². The summed E-state index contributed by atoms with van der Waals surface area (Å²) in [4.78, 5) is 12.5. The molecule has 116 valence electrons. The molecule has 1 aliphatic heterocycles. The number of hydrogen-bond donors (Lipinski definition) is 3. The van der Waals surface area contributed by atoms with Crippen molar-refractivity contribution in [2.45, 2.75) is 25.2 Å². The molecule has 6 nitrogen and oxygen atoms in total. The molecular formula is C14H21N3O3S. The van der Waals surface area contributed by atoms with E-state index >= 15 is 0 Å². The van der Waals surface area contributed by atoms with E-state index in [1.165, 1.54) is 13.1 Å². The third-order valence-corrected chi connectivity index (χ3v) is 5.48. The van der Waals surface area contributed by atoms with Crippen LogP contribution in [-0.4, -0.2) is 34.5 Å². The molecule has 0 aromatic heterocycles. The quantitative estimate of drug-likeness (QED) is 0.769. The Labute approximate surface area is 125 Å². The third-order valence-electron chi connectivity index (χ3n) is 3.92. The minimum Gasteiger partial charge on any atom is -0.326 e. The average Bonchev–Trinajstić information content (AvgIpc) is 2.89. The van der Waals surface area contributed by atoms with Gasteiger partial charge in [-0.15, -0.1) is 0 Å². The molecule has 2 rings (SSSR count). The van der Waals surface area contributed by atoms with Crippen LogP contribution >= 0.6 is 0 Å². The van der Waals surface area contributed by atoms with Crippen LogP contribution in [0.25, 0.3) is 0 Å². The molecule has 1 heterocycles. The summed E-state index contributed by atoms with van der Waals surface area (Å²) in [5.74, 6) is -0.0934. The molecule has 3 N–H and O–H groups in total. The van der Waals surface area contributed by atoms with Gasteiger partial charge in [-0.3, -0.25) is 4.79 Å². The number of anilines is 1. The first-order chi connectivity index (χ1) is 9.78. The van der Waals surface area contributed by atoms with Crippen LogP contribution in [-0.2, 0) is 14.8 Å². The number of carbonyl (C=O) groups is 1. The van der Waals surface area contributed by atoms with Gasteiger partial charge in [0.05, 0.1) is 10.3 Å². The number of aryl methyl sites for hydroxylation is 1. The van der Waals surface area contributed by atoms with Crippen LogP contribution in [0, 0.1) is 12.3 Å². The van der Waals surface area contributed by atoms with Crippen LogP contribution in [0.2, 0.25) is 0 Å². The second-order valence-electron chi connectivity index (χ2n) is 5.63. The lowest BCUT2D eigenvalue weighted by Gasteiger charge is -2.21. The van der Waals surface area contributed by atoms with Gasteiger partial charge in [-0.2, -0.15) is 0 Å². The van der Waals surface area contributed by atoms with Gasteiger partial charge < -0.3 is 10.6 Å². The van der Waals surface area contributed by atoms with Gasteiger partial charge in [0, 0.05) is 12.2 Å². The zero-order chi connectivity index (χ0) is 15.7. The van der Waals surface area contributed by atoms with E-state index in [-0.39, 0.29) is 10.8 Å².